The van der Waals surface area contributed by atoms with Crippen LogP contribution in [-0.2, 0) is 10.0 Å². The summed E-state index contributed by atoms with van der Waals surface area (Å²) in [7, 11) is -3.29. The lowest BCUT2D eigenvalue weighted by molar-refractivity contribution is 0.578. The van der Waals surface area contributed by atoms with Crippen LogP contribution in [-0.4, -0.2) is 32.2 Å². The van der Waals surface area contributed by atoms with Crippen LogP contribution in [0.5, 0.6) is 0 Å². The van der Waals surface area contributed by atoms with Crippen LogP contribution in [0.2, 0.25) is 0 Å². The lowest BCUT2D eigenvalue weighted by atomic mass is 10.1. The number of anilines is 4. The first-order valence-corrected chi connectivity index (χ1v) is 10.8. The van der Waals surface area contributed by atoms with Gasteiger partial charge in [0.25, 0.3) is 0 Å². The molecule has 1 aromatic carbocycles. The van der Waals surface area contributed by atoms with E-state index in [1.807, 2.05) is 19.1 Å². The largest absolute Gasteiger partial charge is 0.372 e. The number of benzene rings is 1. The first-order valence-electron chi connectivity index (χ1n) is 9.14. The minimum atomic E-state index is -3.29. The normalized spacial score (nSPS) is 14.9. The summed E-state index contributed by atoms with van der Waals surface area (Å²) in [5, 5.41) is 3.24. The summed E-state index contributed by atoms with van der Waals surface area (Å²) in [6.07, 6.45) is 5.95. The van der Waals surface area contributed by atoms with Crippen molar-refractivity contribution < 1.29 is 8.42 Å². The van der Waals surface area contributed by atoms with Crippen LogP contribution < -0.4 is 14.9 Å². The van der Waals surface area contributed by atoms with Crippen molar-refractivity contribution in [1.82, 2.24) is 4.98 Å². The topological polar surface area (TPSA) is 74.3 Å². The molecule has 2 heterocycles. The predicted molar refractivity (Wildman–Crippen MR) is 108 cm³/mol. The molecule has 1 saturated heterocycles. The van der Waals surface area contributed by atoms with Gasteiger partial charge in [-0.3, -0.25) is 4.72 Å². The van der Waals surface area contributed by atoms with Gasteiger partial charge in [0.1, 0.15) is 5.82 Å². The number of pyridine rings is 1. The molecule has 0 atom stereocenters. The van der Waals surface area contributed by atoms with Crippen LogP contribution in [0.1, 0.15) is 32.6 Å². The quantitative estimate of drug-likeness (QED) is 0.767. The van der Waals surface area contributed by atoms with Gasteiger partial charge in [0.05, 0.1) is 17.6 Å². The van der Waals surface area contributed by atoms with E-state index in [-0.39, 0.29) is 5.75 Å². The Morgan fingerprint density at radius 3 is 2.31 bits per heavy atom. The van der Waals surface area contributed by atoms with Gasteiger partial charge in [0, 0.05) is 24.5 Å². The molecular weight excluding hydrogens is 348 g/mol. The van der Waals surface area contributed by atoms with E-state index in [1.54, 1.807) is 12.1 Å². The molecule has 0 aliphatic carbocycles. The van der Waals surface area contributed by atoms with E-state index < -0.39 is 10.0 Å². The summed E-state index contributed by atoms with van der Waals surface area (Å²) >= 11 is 0. The van der Waals surface area contributed by atoms with Crippen molar-refractivity contribution in [2.24, 2.45) is 0 Å². The third kappa shape index (κ3) is 5.11. The van der Waals surface area contributed by atoms with Gasteiger partial charge >= 0.3 is 0 Å². The standard InChI is InChI=1S/C19H26N4O2S/c1-2-14-26(24,25)22-17-8-11-19(20-15-17)21-16-6-9-18(10-7-16)23-12-4-3-5-13-23/h6-11,15,22H,2-5,12-14H2,1H3,(H,20,21). The SMILES string of the molecule is CCCS(=O)(=O)Nc1ccc(Nc2ccc(N3CCCCC3)cc2)nc1. The van der Waals surface area contributed by atoms with E-state index in [9.17, 15) is 8.42 Å². The summed E-state index contributed by atoms with van der Waals surface area (Å²) in [5.41, 5.74) is 2.69. The highest BCUT2D eigenvalue weighted by Crippen LogP contribution is 2.23. The molecule has 140 valence electrons. The van der Waals surface area contributed by atoms with Crippen LogP contribution in [0.4, 0.5) is 22.9 Å². The smallest absolute Gasteiger partial charge is 0.232 e. The van der Waals surface area contributed by atoms with Gasteiger partial charge in [-0.2, -0.15) is 0 Å². The van der Waals surface area contributed by atoms with Crippen LogP contribution in [0.15, 0.2) is 42.6 Å². The number of rotatable bonds is 7. The Labute approximate surface area is 155 Å². The second-order valence-corrected chi connectivity index (χ2v) is 8.41. The van der Waals surface area contributed by atoms with Gasteiger partial charge in [-0.25, -0.2) is 13.4 Å². The maximum atomic E-state index is 11.8. The third-order valence-corrected chi connectivity index (χ3v) is 5.86. The Morgan fingerprint density at radius 1 is 1.00 bits per heavy atom. The minimum Gasteiger partial charge on any atom is -0.372 e. The lowest BCUT2D eigenvalue weighted by Crippen LogP contribution is -2.29. The van der Waals surface area contributed by atoms with Crippen molar-refractivity contribution in [3.05, 3.63) is 42.6 Å². The first-order chi connectivity index (χ1) is 12.6. The molecule has 1 aromatic heterocycles. The molecule has 1 aliphatic rings. The second kappa shape index (κ2) is 8.40. The molecule has 7 heteroatoms. The van der Waals surface area contributed by atoms with Crippen molar-refractivity contribution in [1.29, 1.82) is 0 Å². The summed E-state index contributed by atoms with van der Waals surface area (Å²) in [4.78, 5) is 6.70. The van der Waals surface area contributed by atoms with Gasteiger partial charge in [-0.15, -0.1) is 0 Å². The summed E-state index contributed by atoms with van der Waals surface area (Å²) in [5.74, 6) is 0.783. The molecule has 0 spiro atoms. The monoisotopic (exact) mass is 374 g/mol. The lowest BCUT2D eigenvalue weighted by Gasteiger charge is -2.28. The molecule has 6 nitrogen and oxygen atoms in total. The number of nitrogens with zero attached hydrogens (tertiary/aromatic N) is 2. The Balaban J connectivity index is 1.60. The maximum Gasteiger partial charge on any atom is 0.232 e. The van der Waals surface area contributed by atoms with E-state index in [4.69, 9.17) is 0 Å². The number of piperidine rings is 1. The minimum absolute atomic E-state index is 0.108. The Bertz CT molecular complexity index is 798. The Morgan fingerprint density at radius 2 is 1.69 bits per heavy atom. The van der Waals surface area contributed by atoms with Gasteiger partial charge in [0.2, 0.25) is 10.0 Å². The average molecular weight is 375 g/mol. The fraction of sp³-hybridized carbons (Fsp3) is 0.421. The van der Waals surface area contributed by atoms with E-state index in [1.165, 1.54) is 31.1 Å². The van der Waals surface area contributed by atoms with E-state index in [2.05, 4.69) is 32.1 Å². The van der Waals surface area contributed by atoms with Crippen LogP contribution >= 0.6 is 0 Å². The molecule has 2 aromatic rings. The molecule has 26 heavy (non-hydrogen) atoms. The van der Waals surface area contributed by atoms with Gasteiger partial charge in [0.15, 0.2) is 0 Å². The molecule has 3 rings (SSSR count). The number of nitrogens with one attached hydrogen (secondary N) is 2. The molecule has 1 aliphatic heterocycles. The van der Waals surface area contributed by atoms with Crippen molar-refractivity contribution in [3.63, 3.8) is 0 Å². The molecule has 1 fully saturated rings. The molecule has 0 unspecified atom stereocenters. The molecule has 0 bridgehead atoms. The fourth-order valence-electron chi connectivity index (χ4n) is 3.08. The molecule has 2 N–H and O–H groups in total. The van der Waals surface area contributed by atoms with E-state index in [0.29, 0.717) is 17.9 Å². The average Bonchev–Trinajstić information content (AvgIpc) is 2.64. The van der Waals surface area contributed by atoms with Crippen LogP contribution in [0.3, 0.4) is 0 Å². The highest BCUT2D eigenvalue weighted by molar-refractivity contribution is 7.92. The molecule has 0 radical (unpaired) electrons. The summed E-state index contributed by atoms with van der Waals surface area (Å²) in [6.45, 7) is 4.09. The summed E-state index contributed by atoms with van der Waals surface area (Å²) < 4.78 is 26.1. The third-order valence-electron chi connectivity index (χ3n) is 4.37. The highest BCUT2D eigenvalue weighted by atomic mass is 32.2. The van der Waals surface area contributed by atoms with Gasteiger partial charge in [-0.1, -0.05) is 6.92 Å². The molecule has 0 saturated carbocycles. The zero-order chi connectivity index (χ0) is 18.4. The molecular formula is C19H26N4O2S. The number of hydrogen-bond acceptors (Lipinski definition) is 5. The van der Waals surface area contributed by atoms with Crippen LogP contribution in [0.25, 0.3) is 0 Å². The van der Waals surface area contributed by atoms with E-state index in [0.717, 1.165) is 18.8 Å². The first kappa shape index (κ1) is 18.5. The zero-order valence-corrected chi connectivity index (χ0v) is 15.9. The number of hydrogen-bond donors (Lipinski definition) is 2. The molecule has 0 amide bonds. The van der Waals surface area contributed by atoms with Crippen molar-refractivity contribution in [2.45, 2.75) is 32.6 Å². The second-order valence-electron chi connectivity index (χ2n) is 6.57. The predicted octanol–water partition coefficient (Wildman–Crippen LogP) is 3.97. The van der Waals surface area contributed by atoms with Crippen LogP contribution in [0, 0.1) is 0 Å². The van der Waals surface area contributed by atoms with Crippen molar-refractivity contribution >= 4 is 32.9 Å². The zero-order valence-electron chi connectivity index (χ0n) is 15.1. The van der Waals surface area contributed by atoms with Crippen molar-refractivity contribution in [2.75, 3.05) is 33.8 Å². The maximum absolute atomic E-state index is 11.8. The number of aromatic nitrogens is 1. The van der Waals surface area contributed by atoms with Crippen molar-refractivity contribution in [3.8, 4) is 0 Å². The fourth-order valence-corrected chi connectivity index (χ4v) is 4.20. The Kier molecular flexibility index (Phi) is 5.98. The number of sulfonamides is 1. The Hall–Kier alpha value is -2.28. The highest BCUT2D eigenvalue weighted by Gasteiger charge is 2.11. The van der Waals surface area contributed by atoms with Gasteiger partial charge < -0.3 is 10.2 Å². The van der Waals surface area contributed by atoms with Gasteiger partial charge in [-0.05, 0) is 62.1 Å². The summed E-state index contributed by atoms with van der Waals surface area (Å²) in [6, 6.07) is 11.8. The van der Waals surface area contributed by atoms with E-state index >= 15 is 0 Å².